The number of hydrogen-bond donors (Lipinski definition) is 1. The Labute approximate surface area is 166 Å². The zero-order valence-electron chi connectivity index (χ0n) is 17.1. The van der Waals surface area contributed by atoms with Crippen LogP contribution < -0.4 is 5.32 Å². The second-order valence-electron chi connectivity index (χ2n) is 8.59. The summed E-state index contributed by atoms with van der Waals surface area (Å²) in [6.45, 7) is 9.69. The summed E-state index contributed by atoms with van der Waals surface area (Å²) in [4.78, 5) is 12.3. The van der Waals surface area contributed by atoms with E-state index in [1.54, 1.807) is 0 Å². The number of nitrogens with one attached hydrogen (secondary N) is 1. The van der Waals surface area contributed by atoms with Gasteiger partial charge in [0.1, 0.15) is 5.60 Å². The molecule has 0 bridgehead atoms. The van der Waals surface area contributed by atoms with Gasteiger partial charge in [-0.25, -0.2) is 4.79 Å². The highest BCUT2D eigenvalue weighted by Gasteiger charge is 2.24. The van der Waals surface area contributed by atoms with Gasteiger partial charge < -0.3 is 14.6 Å². The van der Waals surface area contributed by atoms with Crippen LogP contribution in [0.2, 0.25) is 0 Å². The van der Waals surface area contributed by atoms with Crippen molar-refractivity contribution in [1.29, 1.82) is 0 Å². The average Bonchev–Trinajstić information content (AvgIpc) is 2.96. The summed E-state index contributed by atoms with van der Waals surface area (Å²) in [7, 11) is 0. The molecule has 1 aliphatic heterocycles. The first-order chi connectivity index (χ1) is 13.3. The van der Waals surface area contributed by atoms with Crippen LogP contribution in [-0.4, -0.2) is 22.7 Å². The van der Waals surface area contributed by atoms with E-state index in [9.17, 15) is 4.79 Å². The van der Waals surface area contributed by atoms with Crippen LogP contribution in [0, 0.1) is 0 Å². The molecule has 4 nitrogen and oxygen atoms in total. The standard InChI is InChI=1S/C24H28N2O2/c1-16-22-20(13-14-25-16)19-7-5-6-8-21(19)26(22)15-17-9-11-18(12-10-17)23(27)28-24(2,3)4/h5-12,16,25H,13-15H2,1-4H3. The Kier molecular flexibility index (Phi) is 4.76. The Bertz CT molecular complexity index is 1010. The summed E-state index contributed by atoms with van der Waals surface area (Å²) >= 11 is 0. The Hall–Kier alpha value is -2.59. The van der Waals surface area contributed by atoms with Crippen LogP contribution >= 0.6 is 0 Å². The van der Waals surface area contributed by atoms with Crippen LogP contribution in [0.1, 0.15) is 60.9 Å². The number of hydrogen-bond acceptors (Lipinski definition) is 3. The largest absolute Gasteiger partial charge is 0.456 e. The summed E-state index contributed by atoms with van der Waals surface area (Å²) in [6, 6.07) is 16.8. The first-order valence-electron chi connectivity index (χ1n) is 9.99. The van der Waals surface area contributed by atoms with Gasteiger partial charge >= 0.3 is 5.97 Å². The number of ether oxygens (including phenoxy) is 1. The molecule has 2 heterocycles. The summed E-state index contributed by atoms with van der Waals surface area (Å²) in [5.41, 5.74) is 5.40. The lowest BCUT2D eigenvalue weighted by atomic mass is 10.0. The molecule has 4 rings (SSSR count). The van der Waals surface area contributed by atoms with Crippen LogP contribution in [0.25, 0.3) is 10.9 Å². The summed E-state index contributed by atoms with van der Waals surface area (Å²) < 4.78 is 7.88. The molecule has 0 fully saturated rings. The maximum atomic E-state index is 12.3. The number of rotatable bonds is 3. The van der Waals surface area contributed by atoms with Crippen molar-refractivity contribution in [3.8, 4) is 0 Å². The Balaban J connectivity index is 1.66. The minimum absolute atomic E-state index is 0.277. The van der Waals surface area contributed by atoms with Crippen LogP contribution in [0.15, 0.2) is 48.5 Å². The Morgan fingerprint density at radius 1 is 1.14 bits per heavy atom. The highest BCUT2D eigenvalue weighted by Crippen LogP contribution is 2.33. The molecule has 1 aliphatic rings. The lowest BCUT2D eigenvalue weighted by Crippen LogP contribution is -2.29. The number of para-hydroxylation sites is 1. The fourth-order valence-electron chi connectivity index (χ4n) is 4.10. The van der Waals surface area contributed by atoms with Crippen molar-refractivity contribution in [3.05, 3.63) is 70.9 Å². The molecule has 0 spiro atoms. The molecule has 1 N–H and O–H groups in total. The quantitative estimate of drug-likeness (QED) is 0.665. The normalized spacial score (nSPS) is 16.8. The maximum Gasteiger partial charge on any atom is 0.338 e. The number of fused-ring (bicyclic) bond motifs is 3. The average molecular weight is 377 g/mol. The molecule has 2 aromatic carbocycles. The minimum atomic E-state index is -0.484. The fourth-order valence-corrected chi connectivity index (χ4v) is 4.10. The zero-order valence-corrected chi connectivity index (χ0v) is 17.1. The van der Waals surface area contributed by atoms with Crippen LogP contribution in [0.4, 0.5) is 0 Å². The molecule has 1 atom stereocenters. The minimum Gasteiger partial charge on any atom is -0.456 e. The van der Waals surface area contributed by atoms with Crippen molar-refractivity contribution < 1.29 is 9.53 Å². The molecular formula is C24H28N2O2. The van der Waals surface area contributed by atoms with Gasteiger partial charge in [0.05, 0.1) is 5.56 Å². The van der Waals surface area contributed by atoms with Gasteiger partial charge in [0, 0.05) is 29.2 Å². The highest BCUT2D eigenvalue weighted by atomic mass is 16.6. The van der Waals surface area contributed by atoms with Gasteiger partial charge in [-0.1, -0.05) is 30.3 Å². The van der Waals surface area contributed by atoms with E-state index in [2.05, 4.69) is 41.1 Å². The van der Waals surface area contributed by atoms with E-state index >= 15 is 0 Å². The van der Waals surface area contributed by atoms with E-state index in [0.717, 1.165) is 19.5 Å². The lowest BCUT2D eigenvalue weighted by molar-refractivity contribution is 0.00695. The number of carbonyl (C=O) groups is 1. The van der Waals surface area contributed by atoms with E-state index in [1.807, 2.05) is 45.0 Å². The van der Waals surface area contributed by atoms with Crippen molar-refractivity contribution in [2.24, 2.45) is 0 Å². The fraction of sp³-hybridized carbons (Fsp3) is 0.375. The highest BCUT2D eigenvalue weighted by molar-refractivity contribution is 5.89. The van der Waals surface area contributed by atoms with Crippen molar-refractivity contribution in [2.75, 3.05) is 6.54 Å². The van der Waals surface area contributed by atoms with Crippen molar-refractivity contribution in [3.63, 3.8) is 0 Å². The van der Waals surface area contributed by atoms with Gasteiger partial charge in [-0.15, -0.1) is 0 Å². The summed E-state index contributed by atoms with van der Waals surface area (Å²) in [5, 5.41) is 4.95. The molecule has 146 valence electrons. The molecule has 1 aromatic heterocycles. The van der Waals surface area contributed by atoms with Gasteiger partial charge in [-0.2, -0.15) is 0 Å². The topological polar surface area (TPSA) is 43.3 Å². The molecule has 28 heavy (non-hydrogen) atoms. The zero-order chi connectivity index (χ0) is 19.9. The second kappa shape index (κ2) is 7.10. The number of nitrogens with zero attached hydrogens (tertiary/aromatic N) is 1. The summed E-state index contributed by atoms with van der Waals surface area (Å²) in [6.07, 6.45) is 1.06. The first-order valence-corrected chi connectivity index (χ1v) is 9.99. The maximum absolute atomic E-state index is 12.3. The Morgan fingerprint density at radius 3 is 2.57 bits per heavy atom. The second-order valence-corrected chi connectivity index (χ2v) is 8.59. The molecule has 1 unspecified atom stereocenters. The number of benzene rings is 2. The van der Waals surface area contributed by atoms with E-state index in [0.29, 0.717) is 11.6 Å². The van der Waals surface area contributed by atoms with E-state index in [1.165, 1.54) is 27.7 Å². The number of aromatic nitrogens is 1. The van der Waals surface area contributed by atoms with Crippen LogP contribution in [-0.2, 0) is 17.7 Å². The predicted molar refractivity (Wildman–Crippen MR) is 113 cm³/mol. The van der Waals surface area contributed by atoms with E-state index < -0.39 is 5.60 Å². The molecular weight excluding hydrogens is 348 g/mol. The predicted octanol–water partition coefficient (Wildman–Crippen LogP) is 4.85. The summed E-state index contributed by atoms with van der Waals surface area (Å²) in [5.74, 6) is -0.277. The molecule has 0 saturated heterocycles. The third-order valence-electron chi connectivity index (χ3n) is 5.28. The third-order valence-corrected chi connectivity index (χ3v) is 5.28. The number of carbonyl (C=O) groups excluding carboxylic acids is 1. The molecule has 3 aromatic rings. The molecule has 4 heteroatoms. The van der Waals surface area contributed by atoms with Gasteiger partial charge in [0.2, 0.25) is 0 Å². The van der Waals surface area contributed by atoms with Crippen molar-refractivity contribution in [2.45, 2.75) is 52.3 Å². The van der Waals surface area contributed by atoms with Crippen molar-refractivity contribution >= 4 is 16.9 Å². The monoisotopic (exact) mass is 376 g/mol. The van der Waals surface area contributed by atoms with E-state index in [4.69, 9.17) is 4.74 Å². The smallest absolute Gasteiger partial charge is 0.338 e. The molecule has 0 aliphatic carbocycles. The van der Waals surface area contributed by atoms with E-state index in [-0.39, 0.29) is 5.97 Å². The third kappa shape index (κ3) is 3.57. The van der Waals surface area contributed by atoms with Crippen molar-refractivity contribution in [1.82, 2.24) is 9.88 Å². The van der Waals surface area contributed by atoms with Gasteiger partial charge in [-0.05, 0) is 70.0 Å². The van der Waals surface area contributed by atoms with Crippen LogP contribution in [0.3, 0.4) is 0 Å². The Morgan fingerprint density at radius 2 is 1.86 bits per heavy atom. The molecule has 0 saturated carbocycles. The SMILES string of the molecule is CC1NCCc2c1n(Cc1ccc(C(=O)OC(C)(C)C)cc1)c1ccccc21. The van der Waals surface area contributed by atoms with Gasteiger partial charge in [-0.3, -0.25) is 0 Å². The molecule has 0 amide bonds. The lowest BCUT2D eigenvalue weighted by Gasteiger charge is -2.24. The van der Waals surface area contributed by atoms with Gasteiger partial charge in [0.15, 0.2) is 0 Å². The van der Waals surface area contributed by atoms with Crippen LogP contribution in [0.5, 0.6) is 0 Å². The van der Waals surface area contributed by atoms with Gasteiger partial charge in [0.25, 0.3) is 0 Å². The molecule has 0 radical (unpaired) electrons. The number of esters is 1. The first kappa shape index (κ1) is 18.8.